The van der Waals surface area contributed by atoms with Gasteiger partial charge in [-0.25, -0.2) is 4.98 Å². The molecule has 1 N–H and O–H groups in total. The average molecular weight is 297 g/mol. The maximum Gasteiger partial charge on any atom is 0.311 e. The first kappa shape index (κ1) is 14.8. The number of halogens is 1. The average Bonchev–Trinajstić information content (AvgIpc) is 2.85. The van der Waals surface area contributed by atoms with E-state index in [9.17, 15) is 14.7 Å². The van der Waals surface area contributed by atoms with Crippen molar-refractivity contribution in [3.8, 4) is 0 Å². The Morgan fingerprint density at radius 1 is 1.55 bits per heavy atom. The van der Waals surface area contributed by atoms with Gasteiger partial charge in [0.25, 0.3) is 5.91 Å². The summed E-state index contributed by atoms with van der Waals surface area (Å²) in [5.74, 6) is -1.07. The van der Waals surface area contributed by atoms with E-state index >= 15 is 0 Å². The largest absolute Gasteiger partial charge is 0.481 e. The van der Waals surface area contributed by atoms with Crippen molar-refractivity contribution in [3.05, 3.63) is 29.0 Å². The van der Waals surface area contributed by atoms with Crippen molar-refractivity contribution in [1.29, 1.82) is 0 Å². The fourth-order valence-electron chi connectivity index (χ4n) is 2.73. The Bertz CT molecular complexity index is 535. The number of carbonyl (C=O) groups is 2. The molecule has 0 aliphatic carbocycles. The van der Waals surface area contributed by atoms with Crippen molar-refractivity contribution < 1.29 is 14.7 Å². The highest BCUT2D eigenvalue weighted by Crippen LogP contribution is 2.36. The topological polar surface area (TPSA) is 70.5 Å². The van der Waals surface area contributed by atoms with Gasteiger partial charge < -0.3 is 10.0 Å². The van der Waals surface area contributed by atoms with Crippen LogP contribution >= 0.6 is 11.6 Å². The van der Waals surface area contributed by atoms with Crippen LogP contribution in [0.3, 0.4) is 0 Å². The molecule has 1 atom stereocenters. The van der Waals surface area contributed by atoms with E-state index in [0.717, 1.165) is 6.42 Å². The van der Waals surface area contributed by atoms with Crippen LogP contribution in [0.4, 0.5) is 0 Å². The first-order valence-corrected chi connectivity index (χ1v) is 7.01. The van der Waals surface area contributed by atoms with Gasteiger partial charge in [0.2, 0.25) is 0 Å². The number of hydrogen-bond donors (Lipinski definition) is 1. The zero-order valence-corrected chi connectivity index (χ0v) is 12.1. The highest BCUT2D eigenvalue weighted by Gasteiger charge is 2.45. The molecule has 0 saturated carbocycles. The molecule has 20 heavy (non-hydrogen) atoms. The third-order valence-electron chi connectivity index (χ3n) is 3.81. The summed E-state index contributed by atoms with van der Waals surface area (Å²) in [5.41, 5.74) is -0.495. The lowest BCUT2D eigenvalue weighted by atomic mass is 9.83. The second-order valence-corrected chi connectivity index (χ2v) is 5.51. The van der Waals surface area contributed by atoms with E-state index in [1.54, 1.807) is 17.0 Å². The minimum atomic E-state index is -0.827. The van der Waals surface area contributed by atoms with Gasteiger partial charge >= 0.3 is 5.97 Å². The van der Waals surface area contributed by atoms with Crippen molar-refractivity contribution in [2.24, 2.45) is 5.41 Å². The van der Waals surface area contributed by atoms with Crippen LogP contribution in [-0.4, -0.2) is 40.0 Å². The lowest BCUT2D eigenvalue weighted by molar-refractivity contribution is -0.148. The number of hydrogen-bond acceptors (Lipinski definition) is 3. The van der Waals surface area contributed by atoms with Crippen molar-refractivity contribution in [2.45, 2.75) is 26.2 Å². The number of carbonyl (C=O) groups excluding carboxylic acids is 1. The van der Waals surface area contributed by atoms with Crippen LogP contribution in [0.5, 0.6) is 0 Å². The fourth-order valence-corrected chi connectivity index (χ4v) is 2.93. The third-order valence-corrected chi connectivity index (χ3v) is 4.11. The maximum absolute atomic E-state index is 12.4. The fraction of sp³-hybridized carbons (Fsp3) is 0.500. The molecule has 2 rings (SSSR count). The van der Waals surface area contributed by atoms with Crippen LogP contribution in [0, 0.1) is 5.41 Å². The molecule has 1 aliphatic heterocycles. The Balaban J connectivity index is 2.19. The van der Waals surface area contributed by atoms with E-state index in [-0.39, 0.29) is 17.6 Å². The number of rotatable bonds is 4. The Morgan fingerprint density at radius 2 is 2.30 bits per heavy atom. The van der Waals surface area contributed by atoms with Crippen LogP contribution in [0.1, 0.15) is 36.5 Å². The van der Waals surface area contributed by atoms with Crippen LogP contribution in [0.25, 0.3) is 0 Å². The molecule has 2 heterocycles. The number of aromatic nitrogens is 1. The van der Waals surface area contributed by atoms with Gasteiger partial charge in [0.15, 0.2) is 0 Å². The van der Waals surface area contributed by atoms with Crippen LogP contribution in [0.15, 0.2) is 18.3 Å². The molecule has 1 fully saturated rings. The van der Waals surface area contributed by atoms with Gasteiger partial charge in [0, 0.05) is 19.3 Å². The molecule has 1 saturated heterocycles. The monoisotopic (exact) mass is 296 g/mol. The van der Waals surface area contributed by atoms with Crippen molar-refractivity contribution >= 4 is 23.5 Å². The summed E-state index contributed by atoms with van der Waals surface area (Å²) in [7, 11) is 0. The van der Waals surface area contributed by atoms with Crippen molar-refractivity contribution in [2.75, 3.05) is 13.1 Å². The summed E-state index contributed by atoms with van der Waals surface area (Å²) in [6.07, 6.45) is 3.36. The standard InChI is InChI=1S/C14H17ClN2O3/c1-2-5-14(13(19)20)6-8-17(9-14)12(18)10-4-3-7-16-11(10)15/h3-4,7H,2,5-6,8-9H2,1H3,(H,19,20). The van der Waals surface area contributed by atoms with E-state index in [1.165, 1.54) is 6.20 Å². The Labute approximate surface area is 122 Å². The molecule has 5 nitrogen and oxygen atoms in total. The summed E-state index contributed by atoms with van der Waals surface area (Å²) in [6.45, 7) is 2.63. The summed E-state index contributed by atoms with van der Waals surface area (Å²) >= 11 is 5.92. The minimum Gasteiger partial charge on any atom is -0.481 e. The Morgan fingerprint density at radius 3 is 2.90 bits per heavy atom. The zero-order valence-electron chi connectivity index (χ0n) is 11.3. The number of nitrogens with zero attached hydrogens (tertiary/aromatic N) is 2. The van der Waals surface area contributed by atoms with Gasteiger partial charge in [-0.15, -0.1) is 0 Å². The van der Waals surface area contributed by atoms with E-state index in [1.807, 2.05) is 6.92 Å². The molecule has 1 aromatic heterocycles. The SMILES string of the molecule is CCCC1(C(=O)O)CCN(C(=O)c2cccnc2Cl)C1. The van der Waals surface area contributed by atoms with E-state index in [0.29, 0.717) is 24.9 Å². The normalized spacial score (nSPS) is 22.0. The lowest BCUT2D eigenvalue weighted by Crippen LogP contribution is -2.37. The summed E-state index contributed by atoms with van der Waals surface area (Å²) in [4.78, 5) is 29.3. The predicted octanol–water partition coefficient (Wildman–Crippen LogP) is 2.45. The van der Waals surface area contributed by atoms with E-state index in [2.05, 4.69) is 4.98 Å². The minimum absolute atomic E-state index is 0.154. The molecule has 0 radical (unpaired) electrons. The molecule has 0 aromatic carbocycles. The molecule has 6 heteroatoms. The quantitative estimate of drug-likeness (QED) is 0.866. The van der Waals surface area contributed by atoms with Gasteiger partial charge in [-0.05, 0) is 25.0 Å². The van der Waals surface area contributed by atoms with Gasteiger partial charge in [0.05, 0.1) is 11.0 Å². The summed E-state index contributed by atoms with van der Waals surface area (Å²) in [6, 6.07) is 3.25. The van der Waals surface area contributed by atoms with Gasteiger partial charge in [-0.1, -0.05) is 24.9 Å². The van der Waals surface area contributed by atoms with Crippen LogP contribution in [0.2, 0.25) is 5.15 Å². The molecular weight excluding hydrogens is 280 g/mol. The molecule has 1 aliphatic rings. The smallest absolute Gasteiger partial charge is 0.311 e. The predicted molar refractivity (Wildman–Crippen MR) is 74.7 cm³/mol. The first-order chi connectivity index (χ1) is 9.50. The summed E-state index contributed by atoms with van der Waals surface area (Å²) in [5, 5.41) is 9.60. The number of carboxylic acid groups (broad SMARTS) is 1. The lowest BCUT2D eigenvalue weighted by Gasteiger charge is -2.24. The third kappa shape index (κ3) is 2.63. The maximum atomic E-state index is 12.4. The molecule has 108 valence electrons. The second kappa shape index (κ2) is 5.79. The number of pyridine rings is 1. The van der Waals surface area contributed by atoms with Crippen molar-refractivity contribution in [3.63, 3.8) is 0 Å². The highest BCUT2D eigenvalue weighted by atomic mass is 35.5. The number of aliphatic carboxylic acids is 1. The Hall–Kier alpha value is -1.62. The van der Waals surface area contributed by atoms with Gasteiger partial charge in [-0.2, -0.15) is 0 Å². The first-order valence-electron chi connectivity index (χ1n) is 6.63. The van der Waals surface area contributed by atoms with Gasteiger partial charge in [-0.3, -0.25) is 9.59 Å². The van der Waals surface area contributed by atoms with Gasteiger partial charge in [0.1, 0.15) is 5.15 Å². The highest BCUT2D eigenvalue weighted by molar-refractivity contribution is 6.32. The molecule has 0 bridgehead atoms. The zero-order chi connectivity index (χ0) is 14.8. The molecule has 1 amide bonds. The summed E-state index contributed by atoms with van der Waals surface area (Å²) < 4.78 is 0. The molecule has 1 unspecified atom stereocenters. The molecular formula is C14H17ClN2O3. The van der Waals surface area contributed by atoms with E-state index in [4.69, 9.17) is 11.6 Å². The molecule has 0 spiro atoms. The van der Waals surface area contributed by atoms with E-state index < -0.39 is 11.4 Å². The van der Waals surface area contributed by atoms with Crippen LogP contribution in [-0.2, 0) is 4.79 Å². The second-order valence-electron chi connectivity index (χ2n) is 5.15. The number of carboxylic acids is 1. The number of amides is 1. The Kier molecular flexibility index (Phi) is 4.28. The number of likely N-dealkylation sites (tertiary alicyclic amines) is 1. The van der Waals surface area contributed by atoms with Crippen LogP contribution < -0.4 is 0 Å². The molecule has 1 aromatic rings. The van der Waals surface area contributed by atoms with Crippen molar-refractivity contribution in [1.82, 2.24) is 9.88 Å².